The van der Waals surface area contributed by atoms with Gasteiger partial charge >= 0.3 is 6.18 Å². The maximum absolute atomic E-state index is 13.9. The molecule has 4 aliphatic rings. The zero-order valence-electron chi connectivity index (χ0n) is 18.7. The van der Waals surface area contributed by atoms with Crippen LogP contribution in [0.5, 0.6) is 0 Å². The first-order chi connectivity index (χ1) is 15.1. The molecule has 32 heavy (non-hydrogen) atoms. The Labute approximate surface area is 186 Å². The number of nitrogens with zero attached hydrogens (tertiary/aromatic N) is 3. The molecule has 3 heterocycles. The van der Waals surface area contributed by atoms with E-state index in [4.69, 9.17) is 5.73 Å². The van der Waals surface area contributed by atoms with Gasteiger partial charge in [-0.05, 0) is 70.1 Å². The van der Waals surface area contributed by atoms with Crippen LogP contribution in [0.4, 0.5) is 18.9 Å². The molecule has 1 aromatic carbocycles. The number of nitrogens with one attached hydrogen (secondary N) is 2. The van der Waals surface area contributed by atoms with Crippen molar-refractivity contribution in [3.63, 3.8) is 0 Å². The molecule has 174 valence electrons. The Morgan fingerprint density at radius 1 is 1.16 bits per heavy atom. The lowest BCUT2D eigenvalue weighted by atomic mass is 9.82. The van der Waals surface area contributed by atoms with E-state index in [1.54, 1.807) is 0 Å². The molecule has 9 heteroatoms. The molecule has 6 nitrogen and oxygen atoms in total. The molecule has 0 aromatic heterocycles. The summed E-state index contributed by atoms with van der Waals surface area (Å²) in [6.07, 6.45) is 0.992. The van der Waals surface area contributed by atoms with Crippen LogP contribution in [0, 0.1) is 5.92 Å². The van der Waals surface area contributed by atoms with Crippen LogP contribution in [0.2, 0.25) is 0 Å². The Balaban J connectivity index is 1.46. The SMILES string of the molecule is CN1C2CCC1c1cc(NC3=NC(N)([C@@H]4CCC[C@H]4N(C)C)C(C(F)(F)F)=CN3)ccc12. The van der Waals surface area contributed by atoms with E-state index >= 15 is 0 Å². The number of rotatable bonds is 3. The van der Waals surface area contributed by atoms with Gasteiger partial charge < -0.3 is 21.3 Å². The highest BCUT2D eigenvalue weighted by molar-refractivity contribution is 5.95. The van der Waals surface area contributed by atoms with Crippen LogP contribution in [0.25, 0.3) is 0 Å². The molecule has 0 amide bonds. The van der Waals surface area contributed by atoms with Gasteiger partial charge in [0.2, 0.25) is 5.96 Å². The number of fused-ring (bicyclic) bond motifs is 5. The molecule has 5 rings (SSSR count). The Bertz CT molecular complexity index is 971. The van der Waals surface area contributed by atoms with Gasteiger partial charge in [-0.2, -0.15) is 13.2 Å². The number of hydrogen-bond acceptors (Lipinski definition) is 6. The molecule has 0 spiro atoms. The number of nitrogens with two attached hydrogens (primary N) is 1. The monoisotopic (exact) mass is 448 g/mol. The van der Waals surface area contributed by atoms with E-state index in [9.17, 15) is 13.2 Å². The fraction of sp³-hybridized carbons (Fsp3) is 0.609. The summed E-state index contributed by atoms with van der Waals surface area (Å²) in [6, 6.07) is 7.00. The Morgan fingerprint density at radius 3 is 2.56 bits per heavy atom. The van der Waals surface area contributed by atoms with E-state index in [0.29, 0.717) is 18.5 Å². The van der Waals surface area contributed by atoms with Gasteiger partial charge in [0.15, 0.2) is 0 Å². The highest BCUT2D eigenvalue weighted by Crippen LogP contribution is 2.52. The fourth-order valence-electron chi connectivity index (χ4n) is 6.33. The minimum absolute atomic E-state index is 0.0556. The number of hydrogen-bond donors (Lipinski definition) is 3. The fourth-order valence-corrected chi connectivity index (χ4v) is 6.33. The smallest absolute Gasteiger partial charge is 0.332 e. The summed E-state index contributed by atoms with van der Waals surface area (Å²) >= 11 is 0. The second kappa shape index (κ2) is 7.46. The summed E-state index contributed by atoms with van der Waals surface area (Å²) in [4.78, 5) is 8.84. The summed E-state index contributed by atoms with van der Waals surface area (Å²) in [5, 5.41) is 5.90. The van der Waals surface area contributed by atoms with Gasteiger partial charge in [0.25, 0.3) is 0 Å². The maximum Gasteiger partial charge on any atom is 0.417 e. The van der Waals surface area contributed by atoms with Gasteiger partial charge in [-0.25, -0.2) is 4.99 Å². The predicted molar refractivity (Wildman–Crippen MR) is 119 cm³/mol. The maximum atomic E-state index is 13.9. The number of aliphatic imine (C=N–C) groups is 1. The zero-order valence-corrected chi connectivity index (χ0v) is 18.7. The third kappa shape index (κ3) is 3.33. The first kappa shape index (κ1) is 21.7. The van der Waals surface area contributed by atoms with Crippen molar-refractivity contribution in [2.75, 3.05) is 26.5 Å². The zero-order chi connectivity index (χ0) is 22.8. The summed E-state index contributed by atoms with van der Waals surface area (Å²) < 4.78 is 41.8. The van der Waals surface area contributed by atoms with E-state index in [-0.39, 0.29) is 12.0 Å². The summed E-state index contributed by atoms with van der Waals surface area (Å²) in [5.74, 6) is -0.171. The highest BCUT2D eigenvalue weighted by Gasteiger charge is 2.55. The molecule has 3 aliphatic heterocycles. The molecule has 5 atom stereocenters. The molecular weight excluding hydrogens is 417 g/mol. The van der Waals surface area contributed by atoms with Gasteiger partial charge in [-0.3, -0.25) is 4.90 Å². The quantitative estimate of drug-likeness (QED) is 0.658. The van der Waals surface area contributed by atoms with Crippen LogP contribution >= 0.6 is 0 Å². The van der Waals surface area contributed by atoms with Crippen molar-refractivity contribution in [3.8, 4) is 0 Å². The molecule has 1 saturated carbocycles. The van der Waals surface area contributed by atoms with Crippen LogP contribution in [-0.2, 0) is 0 Å². The normalized spacial score (nSPS) is 34.4. The lowest BCUT2D eigenvalue weighted by Crippen LogP contribution is -2.59. The van der Waals surface area contributed by atoms with Crippen molar-refractivity contribution < 1.29 is 13.2 Å². The third-order valence-corrected chi connectivity index (χ3v) is 7.86. The van der Waals surface area contributed by atoms with Crippen molar-refractivity contribution in [3.05, 3.63) is 41.1 Å². The van der Waals surface area contributed by atoms with Gasteiger partial charge in [0, 0.05) is 35.9 Å². The van der Waals surface area contributed by atoms with Crippen LogP contribution < -0.4 is 16.4 Å². The molecule has 2 bridgehead atoms. The largest absolute Gasteiger partial charge is 0.417 e. The number of guanidine groups is 1. The van der Waals surface area contributed by atoms with Gasteiger partial charge in [-0.1, -0.05) is 12.5 Å². The number of halogens is 3. The van der Waals surface area contributed by atoms with Crippen molar-refractivity contribution in [2.45, 2.75) is 62.1 Å². The molecular formula is C23H31F3N6. The van der Waals surface area contributed by atoms with E-state index in [1.165, 1.54) is 17.5 Å². The Morgan fingerprint density at radius 2 is 1.88 bits per heavy atom. The van der Waals surface area contributed by atoms with Crippen LogP contribution in [-0.4, -0.2) is 54.8 Å². The summed E-state index contributed by atoms with van der Waals surface area (Å²) in [6.45, 7) is 0. The number of anilines is 1. The summed E-state index contributed by atoms with van der Waals surface area (Å²) in [7, 11) is 5.93. The van der Waals surface area contributed by atoms with E-state index < -0.39 is 23.3 Å². The van der Waals surface area contributed by atoms with Gasteiger partial charge in [0.05, 0.1) is 5.57 Å². The van der Waals surface area contributed by atoms with E-state index in [0.717, 1.165) is 31.1 Å². The van der Waals surface area contributed by atoms with Gasteiger partial charge in [0.1, 0.15) is 5.66 Å². The lowest BCUT2D eigenvalue weighted by molar-refractivity contribution is -0.105. The second-order valence-corrected chi connectivity index (χ2v) is 9.80. The topological polar surface area (TPSA) is 68.9 Å². The van der Waals surface area contributed by atoms with Crippen molar-refractivity contribution in [2.24, 2.45) is 16.6 Å². The van der Waals surface area contributed by atoms with Crippen LogP contribution in [0.3, 0.4) is 0 Å². The molecule has 1 aromatic rings. The number of benzene rings is 1. The molecule has 3 unspecified atom stereocenters. The minimum Gasteiger partial charge on any atom is -0.332 e. The van der Waals surface area contributed by atoms with E-state index in [1.807, 2.05) is 25.1 Å². The predicted octanol–water partition coefficient (Wildman–Crippen LogP) is 3.71. The molecule has 2 fully saturated rings. The lowest BCUT2D eigenvalue weighted by Gasteiger charge is -2.42. The first-order valence-corrected chi connectivity index (χ1v) is 11.3. The first-order valence-electron chi connectivity index (χ1n) is 11.3. The minimum atomic E-state index is -4.56. The van der Waals surface area contributed by atoms with Gasteiger partial charge in [-0.15, -0.1) is 0 Å². The molecule has 1 aliphatic carbocycles. The van der Waals surface area contributed by atoms with Crippen LogP contribution in [0.15, 0.2) is 35.0 Å². The molecule has 4 N–H and O–H groups in total. The van der Waals surface area contributed by atoms with Crippen molar-refractivity contribution in [1.29, 1.82) is 0 Å². The average Bonchev–Trinajstić information content (AvgIpc) is 3.41. The standard InChI is InChI=1S/C23H31F3N6/c1-31(2)19-6-4-5-16(19)22(27)20(23(24,25)26)12-28-21(30-22)29-13-7-8-14-15(11-13)18-10-9-17(14)32(18)3/h7-8,11-12,16-19H,4-6,9-10,27H2,1-3H3,(H2,28,29,30)/t16-,17?,18?,19-,22?/m1/s1. The highest BCUT2D eigenvalue weighted by atomic mass is 19.4. The molecule has 0 radical (unpaired) electrons. The molecule has 1 saturated heterocycles. The van der Waals surface area contributed by atoms with E-state index in [2.05, 4.69) is 39.7 Å². The second-order valence-electron chi connectivity index (χ2n) is 9.80. The Kier molecular flexibility index (Phi) is 5.07. The Hall–Kier alpha value is -2.10. The van der Waals surface area contributed by atoms with Crippen molar-refractivity contribution >= 4 is 11.6 Å². The summed E-state index contributed by atoms with van der Waals surface area (Å²) in [5.41, 5.74) is 7.32. The third-order valence-electron chi connectivity index (χ3n) is 7.86. The number of alkyl halides is 3. The average molecular weight is 449 g/mol. The van der Waals surface area contributed by atoms with Crippen LogP contribution in [0.1, 0.15) is 55.3 Å². The van der Waals surface area contributed by atoms with Crippen molar-refractivity contribution in [1.82, 2.24) is 15.1 Å².